The fraction of sp³-hybridized carbons (Fsp3) is 0.529. The number of hydrogen-bond acceptors (Lipinski definition) is 3. The van der Waals surface area contributed by atoms with Crippen LogP contribution < -0.4 is 10.5 Å². The molecule has 2 N–H and O–H groups in total. The highest BCUT2D eigenvalue weighted by atomic mass is 16.5. The number of rotatable bonds is 4. The van der Waals surface area contributed by atoms with E-state index in [-0.39, 0.29) is 17.7 Å². The highest BCUT2D eigenvalue weighted by Gasteiger charge is 2.27. The Bertz CT molecular complexity index is 561. The molecule has 1 saturated heterocycles. The van der Waals surface area contributed by atoms with Gasteiger partial charge in [-0.3, -0.25) is 9.59 Å². The summed E-state index contributed by atoms with van der Waals surface area (Å²) in [5, 5.41) is 0. The van der Waals surface area contributed by atoms with Crippen LogP contribution in [-0.2, 0) is 4.79 Å². The van der Waals surface area contributed by atoms with E-state index in [0.717, 1.165) is 5.56 Å². The van der Waals surface area contributed by atoms with Gasteiger partial charge in [-0.25, -0.2) is 0 Å². The largest absolute Gasteiger partial charge is 0.496 e. The number of primary amides is 1. The molecule has 2 rings (SSSR count). The van der Waals surface area contributed by atoms with Gasteiger partial charge in [0.15, 0.2) is 0 Å². The molecule has 0 radical (unpaired) electrons. The maximum Gasteiger partial charge on any atom is 0.257 e. The number of nitrogens with zero attached hydrogens (tertiary/aromatic N) is 1. The number of benzene rings is 1. The molecule has 1 aromatic rings. The first-order valence-corrected chi connectivity index (χ1v) is 7.70. The Balaban J connectivity index is 2.14. The van der Waals surface area contributed by atoms with E-state index in [1.165, 1.54) is 0 Å². The summed E-state index contributed by atoms with van der Waals surface area (Å²) in [5.41, 5.74) is 7.04. The Kier molecular flexibility index (Phi) is 5.06. The van der Waals surface area contributed by atoms with E-state index in [0.29, 0.717) is 43.2 Å². The first-order chi connectivity index (χ1) is 10.4. The molecule has 1 aromatic carbocycles. The molecule has 0 unspecified atom stereocenters. The topological polar surface area (TPSA) is 72.6 Å². The van der Waals surface area contributed by atoms with E-state index in [1.54, 1.807) is 12.0 Å². The summed E-state index contributed by atoms with van der Waals surface area (Å²) in [6, 6.07) is 5.72. The van der Waals surface area contributed by atoms with Gasteiger partial charge in [0.2, 0.25) is 5.91 Å². The van der Waals surface area contributed by atoms with Crippen LogP contribution in [0.15, 0.2) is 18.2 Å². The molecule has 0 atom stereocenters. The average Bonchev–Trinajstić information content (AvgIpc) is 2.53. The van der Waals surface area contributed by atoms with E-state index in [1.807, 2.05) is 18.2 Å². The van der Waals surface area contributed by atoms with Crippen LogP contribution in [0, 0.1) is 5.92 Å². The third-order valence-electron chi connectivity index (χ3n) is 4.31. The van der Waals surface area contributed by atoms with Crippen molar-refractivity contribution in [2.45, 2.75) is 32.6 Å². The van der Waals surface area contributed by atoms with E-state index < -0.39 is 0 Å². The summed E-state index contributed by atoms with van der Waals surface area (Å²) < 4.78 is 5.39. The molecule has 22 heavy (non-hydrogen) atoms. The molecule has 0 aromatic heterocycles. The standard InChI is InChI=1S/C17H24N2O3/c1-11(2)13-4-5-14(15(10-13)22-3)17(21)19-8-6-12(7-9-19)16(18)20/h4-5,10-12H,6-9H2,1-3H3,(H2,18,20). The Labute approximate surface area is 131 Å². The molecule has 1 aliphatic rings. The van der Waals surface area contributed by atoms with Crippen LogP contribution in [0.4, 0.5) is 0 Å². The van der Waals surface area contributed by atoms with Gasteiger partial charge in [-0.1, -0.05) is 19.9 Å². The fourth-order valence-electron chi connectivity index (χ4n) is 2.78. The number of piperidine rings is 1. The van der Waals surface area contributed by atoms with Gasteiger partial charge in [0, 0.05) is 19.0 Å². The van der Waals surface area contributed by atoms with Crippen LogP contribution in [-0.4, -0.2) is 36.9 Å². The number of carbonyl (C=O) groups is 2. The smallest absolute Gasteiger partial charge is 0.257 e. The maximum absolute atomic E-state index is 12.7. The number of hydrogen-bond donors (Lipinski definition) is 1. The van der Waals surface area contributed by atoms with E-state index in [9.17, 15) is 9.59 Å². The summed E-state index contributed by atoms with van der Waals surface area (Å²) >= 11 is 0. The number of nitrogens with two attached hydrogens (primary N) is 1. The van der Waals surface area contributed by atoms with Crippen LogP contribution >= 0.6 is 0 Å². The normalized spacial score (nSPS) is 15.9. The van der Waals surface area contributed by atoms with E-state index in [4.69, 9.17) is 10.5 Å². The molecule has 1 fully saturated rings. The van der Waals surface area contributed by atoms with Gasteiger partial charge in [-0.2, -0.15) is 0 Å². The number of ether oxygens (including phenoxy) is 1. The van der Waals surface area contributed by atoms with Crippen molar-refractivity contribution >= 4 is 11.8 Å². The van der Waals surface area contributed by atoms with E-state index in [2.05, 4.69) is 13.8 Å². The summed E-state index contributed by atoms with van der Waals surface area (Å²) in [6.45, 7) is 5.32. The van der Waals surface area contributed by atoms with Gasteiger partial charge in [-0.15, -0.1) is 0 Å². The zero-order valence-electron chi connectivity index (χ0n) is 13.5. The quantitative estimate of drug-likeness (QED) is 0.926. The lowest BCUT2D eigenvalue weighted by Gasteiger charge is -2.31. The Morgan fingerprint density at radius 3 is 2.41 bits per heavy atom. The van der Waals surface area contributed by atoms with Gasteiger partial charge in [0.1, 0.15) is 5.75 Å². The maximum atomic E-state index is 12.7. The van der Waals surface area contributed by atoms with Crippen LogP contribution in [0.3, 0.4) is 0 Å². The molecular formula is C17H24N2O3. The molecule has 2 amide bonds. The second-order valence-electron chi connectivity index (χ2n) is 6.08. The third kappa shape index (κ3) is 3.40. The summed E-state index contributed by atoms with van der Waals surface area (Å²) in [6.07, 6.45) is 1.26. The number of methoxy groups -OCH3 is 1. The first kappa shape index (κ1) is 16.3. The minimum Gasteiger partial charge on any atom is -0.496 e. The molecule has 1 aliphatic heterocycles. The van der Waals surface area contributed by atoms with Crippen molar-refractivity contribution in [1.82, 2.24) is 4.90 Å². The zero-order valence-corrected chi connectivity index (χ0v) is 13.5. The minimum absolute atomic E-state index is 0.0462. The molecule has 0 saturated carbocycles. The zero-order chi connectivity index (χ0) is 16.3. The SMILES string of the molecule is COc1cc(C(C)C)ccc1C(=O)N1CCC(C(N)=O)CC1. The lowest BCUT2D eigenvalue weighted by Crippen LogP contribution is -2.41. The Morgan fingerprint density at radius 2 is 1.91 bits per heavy atom. The van der Waals surface area contributed by atoms with E-state index >= 15 is 0 Å². The van der Waals surface area contributed by atoms with Gasteiger partial charge < -0.3 is 15.4 Å². The summed E-state index contributed by atoms with van der Waals surface area (Å²) in [5.74, 6) is 0.549. The van der Waals surface area contributed by atoms with Crippen LogP contribution in [0.2, 0.25) is 0 Å². The van der Waals surface area contributed by atoms with Gasteiger partial charge in [0.25, 0.3) is 5.91 Å². The van der Waals surface area contributed by atoms with Crippen molar-refractivity contribution < 1.29 is 14.3 Å². The minimum atomic E-state index is -0.272. The van der Waals surface area contributed by atoms with Crippen LogP contribution in [0.5, 0.6) is 5.75 Å². The van der Waals surface area contributed by atoms with Crippen LogP contribution in [0.1, 0.15) is 48.5 Å². The number of carbonyl (C=O) groups excluding carboxylic acids is 2. The third-order valence-corrected chi connectivity index (χ3v) is 4.31. The number of amides is 2. The Morgan fingerprint density at radius 1 is 1.27 bits per heavy atom. The first-order valence-electron chi connectivity index (χ1n) is 7.70. The number of likely N-dealkylation sites (tertiary alicyclic amines) is 1. The second-order valence-corrected chi connectivity index (χ2v) is 6.08. The predicted molar refractivity (Wildman–Crippen MR) is 84.9 cm³/mol. The predicted octanol–water partition coefficient (Wildman–Crippen LogP) is 2.16. The van der Waals surface area contributed by atoms with Crippen molar-refractivity contribution in [3.63, 3.8) is 0 Å². The van der Waals surface area contributed by atoms with Crippen LogP contribution in [0.25, 0.3) is 0 Å². The van der Waals surface area contributed by atoms with Crippen molar-refractivity contribution in [1.29, 1.82) is 0 Å². The van der Waals surface area contributed by atoms with Crippen molar-refractivity contribution in [2.24, 2.45) is 11.7 Å². The molecule has 5 nitrogen and oxygen atoms in total. The van der Waals surface area contributed by atoms with Crippen molar-refractivity contribution in [3.05, 3.63) is 29.3 Å². The Hall–Kier alpha value is -2.04. The molecule has 0 spiro atoms. The summed E-state index contributed by atoms with van der Waals surface area (Å²) in [4.78, 5) is 25.6. The molecule has 120 valence electrons. The molecule has 5 heteroatoms. The van der Waals surface area contributed by atoms with Gasteiger partial charge in [-0.05, 0) is 36.5 Å². The lowest BCUT2D eigenvalue weighted by molar-refractivity contribution is -0.123. The molecule has 1 heterocycles. The average molecular weight is 304 g/mol. The molecule has 0 aliphatic carbocycles. The van der Waals surface area contributed by atoms with Crippen molar-refractivity contribution in [3.8, 4) is 5.75 Å². The van der Waals surface area contributed by atoms with Crippen molar-refractivity contribution in [2.75, 3.05) is 20.2 Å². The monoisotopic (exact) mass is 304 g/mol. The fourth-order valence-corrected chi connectivity index (χ4v) is 2.78. The van der Waals surface area contributed by atoms with Gasteiger partial charge in [0.05, 0.1) is 12.7 Å². The molecule has 0 bridgehead atoms. The highest BCUT2D eigenvalue weighted by molar-refractivity contribution is 5.97. The highest BCUT2D eigenvalue weighted by Crippen LogP contribution is 2.27. The molecular weight excluding hydrogens is 280 g/mol. The lowest BCUT2D eigenvalue weighted by atomic mass is 9.95. The van der Waals surface area contributed by atoms with Gasteiger partial charge >= 0.3 is 0 Å². The second kappa shape index (κ2) is 6.81. The summed E-state index contributed by atoms with van der Waals surface area (Å²) in [7, 11) is 1.58.